The van der Waals surface area contributed by atoms with Crippen LogP contribution in [0.15, 0.2) is 419 Å². The van der Waals surface area contributed by atoms with Crippen LogP contribution in [0.3, 0.4) is 0 Å². The number of rotatable bonds is 9. The number of hydrogen-bond acceptors (Lipinski definition) is 6. The maximum Gasteiger partial charge on any atom is 0.0727 e. The zero-order chi connectivity index (χ0) is 80.7. The molecule has 0 aliphatic heterocycles. The Morgan fingerprint density at radius 1 is 0.146 bits per heavy atom. The molecule has 0 amide bonds. The quantitative estimate of drug-likeness (QED) is 0.137. The van der Waals surface area contributed by atoms with Crippen LogP contribution in [0.5, 0.6) is 0 Å². The van der Waals surface area contributed by atoms with E-state index in [1.54, 1.807) is 0 Å². The van der Waals surface area contributed by atoms with Crippen molar-refractivity contribution >= 4 is 222 Å². The van der Waals surface area contributed by atoms with E-state index >= 15 is 0 Å². The molecule has 0 bridgehead atoms. The zero-order valence-corrected chi connectivity index (χ0v) is 71.0. The number of benzene rings is 18. The third kappa shape index (κ3) is 11.8. The van der Waals surface area contributed by atoms with Crippen LogP contribution in [0.4, 0.5) is 0 Å². The van der Waals surface area contributed by atoms with Crippen molar-refractivity contribution in [2.24, 2.45) is 0 Å². The van der Waals surface area contributed by atoms with Crippen molar-refractivity contribution in [3.8, 4) is 83.8 Å². The lowest BCUT2D eigenvalue weighted by Gasteiger charge is -2.09. The van der Waals surface area contributed by atoms with E-state index in [4.69, 9.17) is 0 Å². The van der Waals surface area contributed by atoms with Crippen molar-refractivity contribution in [1.29, 1.82) is 0 Å². The molecule has 9 heterocycles. The van der Waals surface area contributed by atoms with E-state index in [2.05, 4.69) is 432 Å². The summed E-state index contributed by atoms with van der Waals surface area (Å²) in [6.07, 6.45) is 0. The summed E-state index contributed by atoms with van der Waals surface area (Å²) in [5.74, 6) is 0. The lowest BCUT2D eigenvalue weighted by atomic mass is 9.96. The van der Waals surface area contributed by atoms with Gasteiger partial charge in [0.15, 0.2) is 0 Å². The summed E-state index contributed by atoms with van der Waals surface area (Å²) in [4.78, 5) is 0. The van der Waals surface area contributed by atoms with Crippen molar-refractivity contribution in [2.75, 3.05) is 0 Å². The van der Waals surface area contributed by atoms with Crippen LogP contribution in [0, 0.1) is 0 Å². The van der Waals surface area contributed by atoms with Crippen LogP contribution in [0.1, 0.15) is 0 Å². The van der Waals surface area contributed by atoms with E-state index in [1.807, 2.05) is 68.0 Å². The average Bonchev–Trinajstić information content (AvgIpc) is 1.55. The third-order valence-electron chi connectivity index (χ3n) is 24.7. The summed E-state index contributed by atoms with van der Waals surface area (Å²) in [5, 5.41) is 15.9. The molecule has 9 aromatic heterocycles. The molecule has 0 aliphatic carbocycles. The van der Waals surface area contributed by atoms with Gasteiger partial charge in [-0.3, -0.25) is 0 Å². The lowest BCUT2D eigenvalue weighted by molar-refractivity contribution is 1.19. The van der Waals surface area contributed by atoms with Gasteiger partial charge < -0.3 is 13.7 Å². The smallest absolute Gasteiger partial charge is 0.0727 e. The summed E-state index contributed by atoms with van der Waals surface area (Å²) in [6.45, 7) is 0. The van der Waals surface area contributed by atoms with Gasteiger partial charge in [0.1, 0.15) is 0 Å². The van der Waals surface area contributed by atoms with Crippen molar-refractivity contribution in [1.82, 2.24) is 13.7 Å². The molecule has 0 spiro atoms. The molecule has 27 aromatic rings. The SMILES string of the molecule is c1ccc(-n2c3ccccc3c3sc4c(-c5ccc(-c6ccc7sc8ccccc8c7c6)cc5)cccc4c32)cc1.c1ccc(-n2c3ccccc3c3sc4c(-c5ccc(-c6cccc7sc8ccccc8c67)cc5)cccc4c32)cc1.c1ccc(-n2c3ccccc3c3sc4cc(-c5ccc(-c6cccc7c6sc6ccccc67)cc5)ccc4c32)cc1. The Bertz CT molecular complexity index is 8850. The second-order valence-electron chi connectivity index (χ2n) is 31.6. The van der Waals surface area contributed by atoms with E-state index in [9.17, 15) is 0 Å². The predicted octanol–water partition coefficient (Wildman–Crippen LogP) is 35.1. The third-order valence-corrected chi connectivity index (χ3v) is 31.9. The van der Waals surface area contributed by atoms with Crippen LogP contribution >= 0.6 is 68.0 Å². The van der Waals surface area contributed by atoms with Gasteiger partial charge in [-0.25, -0.2) is 0 Å². The highest BCUT2D eigenvalue weighted by Gasteiger charge is 2.25. The molecule has 0 saturated carbocycles. The fourth-order valence-electron chi connectivity index (χ4n) is 19.0. The van der Waals surface area contributed by atoms with Crippen molar-refractivity contribution in [2.45, 2.75) is 0 Å². The minimum atomic E-state index is 1.20. The predicted molar refractivity (Wildman–Crippen MR) is 540 cm³/mol. The first-order valence-electron chi connectivity index (χ1n) is 41.6. The first kappa shape index (κ1) is 71.8. The molecule has 3 nitrogen and oxygen atoms in total. The summed E-state index contributed by atoms with van der Waals surface area (Å²) >= 11 is 11.4. The van der Waals surface area contributed by atoms with Gasteiger partial charge >= 0.3 is 0 Å². The van der Waals surface area contributed by atoms with E-state index < -0.39 is 0 Å². The number of nitrogens with zero attached hydrogens (tertiary/aromatic N) is 3. The summed E-state index contributed by atoms with van der Waals surface area (Å²) in [6, 6.07) is 153. The Balaban J connectivity index is 0.000000101. The van der Waals surface area contributed by atoms with E-state index in [-0.39, 0.29) is 0 Å². The van der Waals surface area contributed by atoms with E-state index in [1.165, 1.54) is 238 Å². The first-order chi connectivity index (χ1) is 61.0. The van der Waals surface area contributed by atoms with Crippen LogP contribution in [-0.4, -0.2) is 13.7 Å². The highest BCUT2D eigenvalue weighted by Crippen LogP contribution is 2.51. The second-order valence-corrected chi connectivity index (χ2v) is 37.9. The first-order valence-corrected chi connectivity index (χ1v) is 46.5. The van der Waals surface area contributed by atoms with Gasteiger partial charge in [-0.15, -0.1) is 68.0 Å². The fraction of sp³-hybridized carbons (Fsp3) is 0. The van der Waals surface area contributed by atoms with E-state index in [0.29, 0.717) is 0 Å². The fourth-order valence-corrected chi connectivity index (χ4v) is 26.5. The number of thiophene rings is 6. The second kappa shape index (κ2) is 29.4. The van der Waals surface area contributed by atoms with Gasteiger partial charge in [0.2, 0.25) is 0 Å². The van der Waals surface area contributed by atoms with Gasteiger partial charge in [0.05, 0.1) is 47.2 Å². The number of hydrogen-bond donors (Lipinski definition) is 0. The molecule has 18 aromatic carbocycles. The molecular formula is C114H69N3S6. The minimum Gasteiger partial charge on any atom is -0.308 e. The minimum absolute atomic E-state index is 1.20. The largest absolute Gasteiger partial charge is 0.308 e. The monoisotopic (exact) mass is 1670 g/mol. The maximum atomic E-state index is 2.43. The number of para-hydroxylation sites is 6. The maximum absolute atomic E-state index is 2.43. The van der Waals surface area contributed by atoms with Crippen LogP contribution in [0.2, 0.25) is 0 Å². The van der Waals surface area contributed by atoms with Gasteiger partial charge in [-0.05, 0) is 164 Å². The Hall–Kier alpha value is -14.1. The Morgan fingerprint density at radius 2 is 0.455 bits per heavy atom. The number of aromatic nitrogens is 3. The molecule has 0 radical (unpaired) electrons. The molecule has 27 rings (SSSR count). The molecule has 0 saturated heterocycles. The van der Waals surface area contributed by atoms with Crippen molar-refractivity contribution in [3.05, 3.63) is 419 Å². The molecule has 123 heavy (non-hydrogen) atoms. The molecule has 576 valence electrons. The molecule has 9 heteroatoms. The van der Waals surface area contributed by atoms with Crippen LogP contribution < -0.4 is 0 Å². The molecule has 0 unspecified atom stereocenters. The molecule has 0 aliphatic rings. The summed E-state index contributed by atoms with van der Waals surface area (Å²) in [5.41, 5.74) is 26.5. The Kier molecular flexibility index (Phi) is 17.1. The van der Waals surface area contributed by atoms with Crippen LogP contribution in [-0.2, 0) is 0 Å². The molecule has 0 N–H and O–H groups in total. The highest BCUT2D eigenvalue weighted by molar-refractivity contribution is 7.29. The van der Waals surface area contributed by atoms with Crippen molar-refractivity contribution < 1.29 is 0 Å². The highest BCUT2D eigenvalue weighted by atomic mass is 32.1. The van der Waals surface area contributed by atoms with Gasteiger partial charge in [-0.1, -0.05) is 322 Å². The van der Waals surface area contributed by atoms with Gasteiger partial charge in [0.25, 0.3) is 0 Å². The van der Waals surface area contributed by atoms with Crippen LogP contribution in [0.25, 0.3) is 238 Å². The lowest BCUT2D eigenvalue weighted by Crippen LogP contribution is -1.92. The Labute approximate surface area is 731 Å². The number of fused-ring (bicyclic) bond motifs is 24. The molecule has 0 atom stereocenters. The average molecular weight is 1670 g/mol. The van der Waals surface area contributed by atoms with Crippen molar-refractivity contribution in [3.63, 3.8) is 0 Å². The van der Waals surface area contributed by atoms with E-state index in [0.717, 1.165) is 0 Å². The standard InChI is InChI=1S/3C38H23NS2/c1-2-10-26(11-3-1)39-32-17-6-4-12-29(32)38-36(39)31-16-8-15-28(37(31)41-38)25-22-20-24(21-23-25)27-14-9-19-34-35(27)30-13-5-7-18-33(30)40-34;1-2-9-27(10-3-1)39-33-15-6-4-12-31(33)38-36(39)32-22-21-26(23-35(32)41-38)24-17-19-25(20-18-24)28-13-8-14-30-29-11-5-7-16-34(29)40-37(28)30;1-2-9-27(10-3-1)39-33-15-6-4-12-30(33)38-36(39)31-14-8-13-28(37(31)41-38)25-19-17-24(18-20-25)26-21-22-35-32(23-26)29-11-5-7-16-34(29)40-35/h3*1-23H. The van der Waals surface area contributed by atoms with Gasteiger partial charge in [-0.2, -0.15) is 0 Å². The van der Waals surface area contributed by atoms with Gasteiger partial charge in [0, 0.05) is 124 Å². The normalized spacial score (nSPS) is 11.9. The summed E-state index contributed by atoms with van der Waals surface area (Å²) < 4.78 is 23.4. The Morgan fingerprint density at radius 3 is 0.959 bits per heavy atom. The molecule has 0 fully saturated rings. The summed E-state index contributed by atoms with van der Waals surface area (Å²) in [7, 11) is 0. The molecular weight excluding hydrogens is 1600 g/mol. The topological polar surface area (TPSA) is 14.8 Å². The zero-order valence-electron chi connectivity index (χ0n) is 66.1.